The van der Waals surface area contributed by atoms with E-state index in [-0.39, 0.29) is 5.56 Å². The van der Waals surface area contributed by atoms with Crippen molar-refractivity contribution in [3.63, 3.8) is 0 Å². The summed E-state index contributed by atoms with van der Waals surface area (Å²) in [6.45, 7) is 2.66. The van der Waals surface area contributed by atoms with Gasteiger partial charge in [-0.15, -0.1) is 11.3 Å². The first-order chi connectivity index (χ1) is 14.8. The van der Waals surface area contributed by atoms with Crippen LogP contribution < -0.4 is 15.6 Å². The third kappa shape index (κ3) is 3.64. The topological polar surface area (TPSA) is 67.0 Å². The van der Waals surface area contributed by atoms with Crippen LogP contribution in [0.25, 0.3) is 32.6 Å². The molecule has 0 radical (unpaired) electrons. The number of nitrogens with zero attached hydrogens (tertiary/aromatic N) is 1. The highest BCUT2D eigenvalue weighted by atomic mass is 32.1. The fourth-order valence-corrected chi connectivity index (χ4v) is 4.83. The second-order valence-electron chi connectivity index (χ2n) is 7.58. The second kappa shape index (κ2) is 8.42. The number of aromatic nitrogens is 2. The normalized spacial score (nSPS) is 14.8. The van der Waals surface area contributed by atoms with Gasteiger partial charge in [-0.3, -0.25) is 9.78 Å². The Morgan fingerprint density at radius 3 is 2.73 bits per heavy atom. The lowest BCUT2D eigenvalue weighted by molar-refractivity contribution is 0.217. The predicted molar refractivity (Wildman–Crippen MR) is 122 cm³/mol. The summed E-state index contributed by atoms with van der Waals surface area (Å²) in [5.74, 6) is 1.17. The third-order valence-corrected chi connectivity index (χ3v) is 6.52. The number of ether oxygens (including phenoxy) is 1. The van der Waals surface area contributed by atoms with Crippen LogP contribution in [-0.2, 0) is 0 Å². The van der Waals surface area contributed by atoms with Gasteiger partial charge in [-0.1, -0.05) is 24.3 Å². The molecule has 1 aromatic carbocycles. The number of aromatic amines is 1. The Labute approximate surface area is 178 Å². The second-order valence-corrected chi connectivity index (χ2v) is 8.53. The summed E-state index contributed by atoms with van der Waals surface area (Å²) in [6.07, 6.45) is 3.95. The minimum Gasteiger partial charge on any atom is -0.492 e. The number of hydrogen-bond acceptors (Lipinski definition) is 5. The van der Waals surface area contributed by atoms with E-state index in [1.165, 1.54) is 0 Å². The van der Waals surface area contributed by atoms with Crippen LogP contribution >= 0.6 is 11.3 Å². The first kappa shape index (κ1) is 19.0. The van der Waals surface area contributed by atoms with Crippen LogP contribution in [0.2, 0.25) is 0 Å². The van der Waals surface area contributed by atoms with Crippen molar-refractivity contribution in [2.24, 2.45) is 5.92 Å². The molecule has 0 bridgehead atoms. The maximum Gasteiger partial charge on any atom is 0.260 e. The Hall–Kier alpha value is -2.96. The van der Waals surface area contributed by atoms with Crippen LogP contribution in [-0.4, -0.2) is 29.7 Å². The van der Waals surface area contributed by atoms with Crippen LogP contribution in [0, 0.1) is 5.92 Å². The van der Waals surface area contributed by atoms with E-state index in [2.05, 4.69) is 15.3 Å². The predicted octanol–water partition coefficient (Wildman–Crippen LogP) is 4.70. The van der Waals surface area contributed by atoms with Crippen LogP contribution in [0.5, 0.6) is 5.75 Å². The molecule has 0 spiro atoms. The van der Waals surface area contributed by atoms with Crippen LogP contribution in [0.15, 0.2) is 64.9 Å². The van der Waals surface area contributed by atoms with E-state index in [0.29, 0.717) is 23.8 Å². The fraction of sp³-hybridized carbons (Fsp3) is 0.250. The highest BCUT2D eigenvalue weighted by Gasteiger charge is 2.21. The molecule has 2 N–H and O–H groups in total. The molecule has 4 heterocycles. The zero-order valence-corrected chi connectivity index (χ0v) is 17.4. The zero-order chi connectivity index (χ0) is 20.3. The number of rotatable bonds is 5. The van der Waals surface area contributed by atoms with Crippen molar-refractivity contribution in [1.29, 1.82) is 0 Å². The lowest BCUT2D eigenvalue weighted by atomic mass is 9.99. The first-order valence-corrected chi connectivity index (χ1v) is 11.2. The Balaban J connectivity index is 1.67. The molecule has 0 atom stereocenters. The summed E-state index contributed by atoms with van der Waals surface area (Å²) < 4.78 is 6.42. The standard InChI is InChI=1S/C24H23N3O2S/c28-24-21(20-8-4-14-30-20)23(29-15-16-9-12-25-13-10-16)18-6-3-5-17(22(18)27-24)19-7-1-2-11-26-19/h1-8,11,14,16,25H,9-10,12-13,15H2,(H,27,28). The zero-order valence-electron chi connectivity index (χ0n) is 16.6. The summed E-state index contributed by atoms with van der Waals surface area (Å²) >= 11 is 1.55. The van der Waals surface area contributed by atoms with Crippen molar-refractivity contribution in [1.82, 2.24) is 15.3 Å². The van der Waals surface area contributed by atoms with Crippen molar-refractivity contribution in [3.8, 4) is 27.4 Å². The van der Waals surface area contributed by atoms with Crippen molar-refractivity contribution in [2.75, 3.05) is 19.7 Å². The lowest BCUT2D eigenvalue weighted by Crippen LogP contribution is -2.30. The quantitative estimate of drug-likeness (QED) is 0.494. The Kier molecular flexibility index (Phi) is 5.34. The number of benzene rings is 1. The minimum atomic E-state index is -0.131. The average molecular weight is 418 g/mol. The number of pyridine rings is 2. The van der Waals surface area contributed by atoms with Gasteiger partial charge in [0.1, 0.15) is 5.75 Å². The van der Waals surface area contributed by atoms with Crippen LogP contribution in [0.4, 0.5) is 0 Å². The molecular formula is C24H23N3O2S. The van der Waals surface area contributed by atoms with Gasteiger partial charge < -0.3 is 15.0 Å². The summed E-state index contributed by atoms with van der Waals surface area (Å²) in [5, 5.41) is 6.29. The first-order valence-electron chi connectivity index (χ1n) is 10.3. The number of nitrogens with one attached hydrogen (secondary N) is 2. The van der Waals surface area contributed by atoms with Gasteiger partial charge in [-0.2, -0.15) is 0 Å². The van der Waals surface area contributed by atoms with E-state index in [1.807, 2.05) is 53.9 Å². The monoisotopic (exact) mass is 417 g/mol. The third-order valence-electron chi connectivity index (χ3n) is 5.63. The van der Waals surface area contributed by atoms with Crippen molar-refractivity contribution < 1.29 is 4.74 Å². The number of fused-ring (bicyclic) bond motifs is 1. The molecule has 0 aliphatic carbocycles. The van der Waals surface area contributed by atoms with E-state index in [9.17, 15) is 4.79 Å². The van der Waals surface area contributed by atoms with Crippen molar-refractivity contribution in [2.45, 2.75) is 12.8 Å². The number of hydrogen-bond donors (Lipinski definition) is 2. The molecule has 1 saturated heterocycles. The molecule has 5 nitrogen and oxygen atoms in total. The summed E-state index contributed by atoms with van der Waals surface area (Å²) in [4.78, 5) is 21.7. The van der Waals surface area contributed by atoms with E-state index < -0.39 is 0 Å². The molecule has 0 unspecified atom stereocenters. The van der Waals surface area contributed by atoms with Gasteiger partial charge in [0.05, 0.1) is 23.4 Å². The molecule has 30 heavy (non-hydrogen) atoms. The van der Waals surface area contributed by atoms with Gasteiger partial charge in [0.15, 0.2) is 0 Å². The number of H-pyrrole nitrogens is 1. The largest absolute Gasteiger partial charge is 0.492 e. The average Bonchev–Trinajstić information content (AvgIpc) is 3.32. The van der Waals surface area contributed by atoms with E-state index >= 15 is 0 Å². The minimum absolute atomic E-state index is 0.131. The fourth-order valence-electron chi connectivity index (χ4n) is 4.07. The summed E-state index contributed by atoms with van der Waals surface area (Å²) in [7, 11) is 0. The molecule has 1 fully saturated rings. The number of piperidine rings is 1. The van der Waals surface area contributed by atoms with Gasteiger partial charge in [-0.05, 0) is 61.5 Å². The molecule has 6 heteroatoms. The highest BCUT2D eigenvalue weighted by molar-refractivity contribution is 7.13. The van der Waals surface area contributed by atoms with Gasteiger partial charge >= 0.3 is 0 Å². The molecule has 5 rings (SSSR count). The molecule has 4 aromatic rings. The maximum absolute atomic E-state index is 13.2. The molecule has 3 aromatic heterocycles. The van der Waals surface area contributed by atoms with Gasteiger partial charge in [-0.25, -0.2) is 0 Å². The maximum atomic E-state index is 13.2. The summed E-state index contributed by atoms with van der Waals surface area (Å²) in [5.41, 5.74) is 2.97. The SMILES string of the molecule is O=c1[nH]c2c(-c3ccccn3)cccc2c(OCC2CCNCC2)c1-c1cccs1. The van der Waals surface area contributed by atoms with Gasteiger partial charge in [0.2, 0.25) is 0 Å². The Bertz CT molecular complexity index is 1200. The molecule has 1 aliphatic heterocycles. The molecule has 0 saturated carbocycles. The van der Waals surface area contributed by atoms with Crippen LogP contribution in [0.1, 0.15) is 12.8 Å². The Morgan fingerprint density at radius 1 is 1.07 bits per heavy atom. The molecular weight excluding hydrogens is 394 g/mol. The van der Waals surface area contributed by atoms with Gasteiger partial charge in [0.25, 0.3) is 5.56 Å². The Morgan fingerprint density at radius 2 is 1.97 bits per heavy atom. The molecule has 0 amide bonds. The van der Waals surface area contributed by atoms with E-state index in [1.54, 1.807) is 17.5 Å². The van der Waals surface area contributed by atoms with E-state index in [0.717, 1.165) is 53.0 Å². The van der Waals surface area contributed by atoms with E-state index in [4.69, 9.17) is 4.74 Å². The van der Waals surface area contributed by atoms with Crippen molar-refractivity contribution >= 4 is 22.2 Å². The number of thiophene rings is 1. The van der Waals surface area contributed by atoms with Crippen molar-refractivity contribution in [3.05, 3.63) is 70.5 Å². The van der Waals surface area contributed by atoms with Gasteiger partial charge in [0, 0.05) is 22.0 Å². The lowest BCUT2D eigenvalue weighted by Gasteiger charge is -2.23. The molecule has 1 aliphatic rings. The molecule has 152 valence electrons. The van der Waals surface area contributed by atoms with Crippen LogP contribution in [0.3, 0.4) is 0 Å². The number of para-hydroxylation sites is 1. The summed E-state index contributed by atoms with van der Waals surface area (Å²) in [6, 6.07) is 15.7. The smallest absolute Gasteiger partial charge is 0.260 e. The highest BCUT2D eigenvalue weighted by Crippen LogP contribution is 2.38.